The van der Waals surface area contributed by atoms with Crippen LogP contribution in [-0.4, -0.2) is 45.2 Å². The molecule has 134 valence electrons. The van der Waals surface area contributed by atoms with Gasteiger partial charge in [0.05, 0.1) is 0 Å². The number of hydrogen-bond acceptors (Lipinski definition) is 3. The molecular formula is C17H30Cl3N3. The van der Waals surface area contributed by atoms with Crippen molar-refractivity contribution < 1.29 is 0 Å². The van der Waals surface area contributed by atoms with Crippen LogP contribution in [-0.2, 0) is 0 Å². The van der Waals surface area contributed by atoms with Gasteiger partial charge in [-0.25, -0.2) is 0 Å². The lowest BCUT2D eigenvalue weighted by molar-refractivity contribution is 0.163. The quantitative estimate of drug-likeness (QED) is 0.787. The van der Waals surface area contributed by atoms with Gasteiger partial charge in [0.1, 0.15) is 0 Å². The summed E-state index contributed by atoms with van der Waals surface area (Å²) in [5, 5.41) is 4.34. The zero-order valence-electron chi connectivity index (χ0n) is 14.3. The van der Waals surface area contributed by atoms with Gasteiger partial charge in [0, 0.05) is 57.0 Å². The van der Waals surface area contributed by atoms with Gasteiger partial charge in [0.25, 0.3) is 0 Å². The summed E-state index contributed by atoms with van der Waals surface area (Å²) in [4.78, 5) is 4.68. The molecule has 1 aliphatic heterocycles. The molecule has 23 heavy (non-hydrogen) atoms. The van der Waals surface area contributed by atoms with Gasteiger partial charge in [-0.2, -0.15) is 0 Å². The van der Waals surface area contributed by atoms with Crippen molar-refractivity contribution in [2.75, 3.05) is 45.2 Å². The number of nitrogens with one attached hydrogen (secondary N) is 1. The van der Waals surface area contributed by atoms with E-state index >= 15 is 0 Å². The van der Waals surface area contributed by atoms with Crippen molar-refractivity contribution in [3.05, 3.63) is 28.8 Å². The smallest absolute Gasteiger partial charge is 0.0474 e. The molecule has 1 N–H and O–H groups in total. The van der Waals surface area contributed by atoms with Gasteiger partial charge in [-0.15, -0.1) is 24.8 Å². The second kappa shape index (κ2) is 11.4. The second-order valence-electron chi connectivity index (χ2n) is 6.04. The molecule has 0 radical (unpaired) electrons. The fourth-order valence-corrected chi connectivity index (χ4v) is 3.29. The van der Waals surface area contributed by atoms with Gasteiger partial charge in [-0.1, -0.05) is 37.4 Å². The third kappa shape index (κ3) is 6.32. The van der Waals surface area contributed by atoms with Crippen LogP contribution in [0.25, 0.3) is 0 Å². The number of anilines is 1. The molecular weight excluding hydrogens is 353 g/mol. The summed E-state index contributed by atoms with van der Waals surface area (Å²) in [6.45, 7) is 6.64. The van der Waals surface area contributed by atoms with Crippen molar-refractivity contribution in [2.45, 2.75) is 32.2 Å². The minimum atomic E-state index is 0. The first-order valence-corrected chi connectivity index (χ1v) is 8.42. The fraction of sp³-hybridized carbons (Fsp3) is 0.647. The highest BCUT2D eigenvalue weighted by Crippen LogP contribution is 2.34. The van der Waals surface area contributed by atoms with Crippen LogP contribution >= 0.6 is 36.4 Å². The molecule has 0 aromatic heterocycles. The molecule has 0 bridgehead atoms. The first kappa shape index (κ1) is 22.8. The Morgan fingerprint density at radius 3 is 2.39 bits per heavy atom. The lowest BCUT2D eigenvalue weighted by Gasteiger charge is -2.36. The normalized spacial score (nSPS) is 16.2. The largest absolute Gasteiger partial charge is 0.378 e. The van der Waals surface area contributed by atoms with Crippen LogP contribution in [0.1, 0.15) is 37.8 Å². The van der Waals surface area contributed by atoms with Gasteiger partial charge >= 0.3 is 0 Å². The maximum atomic E-state index is 6.60. The van der Waals surface area contributed by atoms with Gasteiger partial charge in [0.15, 0.2) is 0 Å². The molecule has 1 saturated heterocycles. The number of nitrogens with zero attached hydrogens (tertiary/aromatic N) is 2. The Hall–Kier alpha value is -0.190. The van der Waals surface area contributed by atoms with E-state index in [-0.39, 0.29) is 24.8 Å². The average molecular weight is 383 g/mol. The molecule has 1 fully saturated rings. The fourth-order valence-electron chi connectivity index (χ4n) is 2.99. The molecule has 3 nitrogen and oxygen atoms in total. The first-order valence-electron chi connectivity index (χ1n) is 8.05. The summed E-state index contributed by atoms with van der Waals surface area (Å²) in [6, 6.07) is 6.95. The molecule has 1 aliphatic rings. The Bertz CT molecular complexity index is 449. The summed E-state index contributed by atoms with van der Waals surface area (Å²) in [6.07, 6.45) is 3.67. The first-order chi connectivity index (χ1) is 10.1. The Kier molecular flexibility index (Phi) is 11.3. The number of piperazine rings is 1. The molecule has 1 heterocycles. The number of hydrogen-bond donors (Lipinski definition) is 1. The number of benzene rings is 1. The van der Waals surface area contributed by atoms with Gasteiger partial charge < -0.3 is 10.2 Å². The van der Waals surface area contributed by atoms with Crippen LogP contribution in [0.2, 0.25) is 5.02 Å². The van der Waals surface area contributed by atoms with Crippen LogP contribution in [0.15, 0.2) is 18.2 Å². The summed E-state index contributed by atoms with van der Waals surface area (Å²) in [5.74, 6) is 0. The minimum Gasteiger partial charge on any atom is -0.378 e. The minimum absolute atomic E-state index is 0. The third-order valence-corrected chi connectivity index (χ3v) is 4.61. The predicted octanol–water partition coefficient (Wildman–Crippen LogP) is 4.39. The van der Waals surface area contributed by atoms with E-state index in [0.717, 1.165) is 31.2 Å². The van der Waals surface area contributed by atoms with Crippen molar-refractivity contribution in [1.82, 2.24) is 10.2 Å². The lowest BCUT2D eigenvalue weighted by atomic mass is 9.98. The zero-order valence-corrected chi connectivity index (χ0v) is 16.7. The monoisotopic (exact) mass is 381 g/mol. The van der Waals surface area contributed by atoms with Gasteiger partial charge in [-0.3, -0.25) is 4.90 Å². The zero-order chi connectivity index (χ0) is 15.2. The van der Waals surface area contributed by atoms with E-state index in [2.05, 4.69) is 54.3 Å². The SMILES string of the molecule is CCCC[C@@H](c1ccc(N(C)C)cc1Cl)N1CCNCC1.Cl.Cl. The Labute approximate surface area is 158 Å². The van der Waals surface area contributed by atoms with Crippen LogP contribution in [0.3, 0.4) is 0 Å². The molecule has 1 aromatic rings. The Morgan fingerprint density at radius 1 is 1.22 bits per heavy atom. The summed E-state index contributed by atoms with van der Waals surface area (Å²) in [5.41, 5.74) is 2.45. The van der Waals surface area contributed by atoms with Crippen molar-refractivity contribution in [3.8, 4) is 0 Å². The molecule has 0 saturated carbocycles. The molecule has 1 aromatic carbocycles. The maximum absolute atomic E-state index is 6.60. The van der Waals surface area contributed by atoms with E-state index in [1.54, 1.807) is 0 Å². The Morgan fingerprint density at radius 2 is 1.87 bits per heavy atom. The highest BCUT2D eigenvalue weighted by atomic mass is 35.5. The van der Waals surface area contributed by atoms with Crippen LogP contribution in [0, 0.1) is 0 Å². The second-order valence-corrected chi connectivity index (χ2v) is 6.45. The maximum Gasteiger partial charge on any atom is 0.0474 e. The molecule has 2 rings (SSSR count). The number of halogens is 3. The van der Waals surface area contributed by atoms with Crippen molar-refractivity contribution in [2.24, 2.45) is 0 Å². The molecule has 6 heteroatoms. The van der Waals surface area contributed by atoms with Crippen LogP contribution in [0.5, 0.6) is 0 Å². The van der Waals surface area contributed by atoms with E-state index < -0.39 is 0 Å². The van der Waals surface area contributed by atoms with E-state index in [1.807, 2.05) is 0 Å². The third-order valence-electron chi connectivity index (χ3n) is 4.28. The topological polar surface area (TPSA) is 18.5 Å². The number of unbranched alkanes of at least 4 members (excludes halogenated alkanes) is 1. The van der Waals surface area contributed by atoms with Crippen molar-refractivity contribution >= 4 is 42.1 Å². The van der Waals surface area contributed by atoms with E-state index in [1.165, 1.54) is 30.5 Å². The molecule has 0 spiro atoms. The number of rotatable bonds is 6. The van der Waals surface area contributed by atoms with E-state index in [4.69, 9.17) is 11.6 Å². The Balaban J connectivity index is 0.00000242. The lowest BCUT2D eigenvalue weighted by Crippen LogP contribution is -2.45. The van der Waals surface area contributed by atoms with Gasteiger partial charge in [-0.05, 0) is 24.1 Å². The molecule has 0 unspecified atom stereocenters. The molecule has 0 aliphatic carbocycles. The van der Waals surface area contributed by atoms with Crippen LogP contribution in [0.4, 0.5) is 5.69 Å². The predicted molar refractivity (Wildman–Crippen MR) is 107 cm³/mol. The van der Waals surface area contributed by atoms with E-state index in [0.29, 0.717) is 6.04 Å². The van der Waals surface area contributed by atoms with Crippen molar-refractivity contribution in [1.29, 1.82) is 0 Å². The van der Waals surface area contributed by atoms with Crippen molar-refractivity contribution in [3.63, 3.8) is 0 Å². The standard InChI is InChI=1S/C17H28ClN3.2ClH/c1-4-5-6-17(21-11-9-19-10-12-21)15-8-7-14(20(2)3)13-16(15)18;;/h7-8,13,17,19H,4-6,9-12H2,1-3H3;2*1H/t17-;;/m0../s1. The summed E-state index contributed by atoms with van der Waals surface area (Å²) >= 11 is 6.60. The summed E-state index contributed by atoms with van der Waals surface area (Å²) < 4.78 is 0. The molecule has 1 atom stereocenters. The van der Waals surface area contributed by atoms with Gasteiger partial charge in [0.2, 0.25) is 0 Å². The van der Waals surface area contributed by atoms with E-state index in [9.17, 15) is 0 Å². The summed E-state index contributed by atoms with van der Waals surface area (Å²) in [7, 11) is 4.10. The van der Waals surface area contributed by atoms with Crippen LogP contribution < -0.4 is 10.2 Å². The highest BCUT2D eigenvalue weighted by molar-refractivity contribution is 6.31. The molecule has 0 amide bonds. The highest BCUT2D eigenvalue weighted by Gasteiger charge is 2.23. The average Bonchev–Trinajstić information content (AvgIpc) is 2.50.